The van der Waals surface area contributed by atoms with Crippen LogP contribution in [0.15, 0.2) is 30.0 Å². The fourth-order valence-corrected chi connectivity index (χ4v) is 2.29. The van der Waals surface area contributed by atoms with Crippen molar-refractivity contribution in [1.29, 1.82) is 0 Å². The van der Waals surface area contributed by atoms with Crippen LogP contribution in [0.25, 0.3) is 6.08 Å². The number of carboxylic acids is 1. The minimum absolute atomic E-state index is 0.489. The molecule has 0 amide bonds. The fourth-order valence-electron chi connectivity index (χ4n) is 2.29. The first kappa shape index (κ1) is 19.2. The van der Waals surface area contributed by atoms with E-state index in [0.29, 0.717) is 11.3 Å². The van der Waals surface area contributed by atoms with Gasteiger partial charge in [-0.05, 0) is 23.8 Å². The Hall–Kier alpha value is -2.17. The number of aliphatic carboxylic acids is 1. The Morgan fingerprint density at radius 1 is 1.16 bits per heavy atom. The molecule has 9 nitrogen and oxygen atoms in total. The monoisotopic (exact) mass is 356 g/mol. The number of hydrogen-bond donors (Lipinski definition) is 5. The van der Waals surface area contributed by atoms with E-state index in [-0.39, 0.29) is 0 Å². The standard InChI is InChI=1S/C16H20O9/c1-23-9-4-2-8(3-5-9)6-10(15(21)22)24-16-14(20)13(19)12(18)11(7-17)25-16/h2-6,11-14,16-20H,7H2,1H3,(H,21,22)/b10-6+/t11-,12-,13+,14-,16+/m0/s1. The lowest BCUT2D eigenvalue weighted by Crippen LogP contribution is -2.59. The van der Waals surface area contributed by atoms with Crippen molar-refractivity contribution in [3.63, 3.8) is 0 Å². The summed E-state index contributed by atoms with van der Waals surface area (Å²) in [4.78, 5) is 11.4. The molecule has 1 fully saturated rings. The number of aliphatic hydroxyl groups is 4. The van der Waals surface area contributed by atoms with E-state index in [2.05, 4.69) is 0 Å². The third kappa shape index (κ3) is 4.47. The minimum Gasteiger partial charge on any atom is -0.497 e. The van der Waals surface area contributed by atoms with Crippen LogP contribution in [0.3, 0.4) is 0 Å². The molecule has 25 heavy (non-hydrogen) atoms. The number of ether oxygens (including phenoxy) is 3. The predicted molar refractivity (Wildman–Crippen MR) is 83.5 cm³/mol. The Morgan fingerprint density at radius 3 is 2.32 bits per heavy atom. The van der Waals surface area contributed by atoms with Crippen molar-refractivity contribution in [2.75, 3.05) is 13.7 Å². The van der Waals surface area contributed by atoms with Gasteiger partial charge in [-0.25, -0.2) is 4.79 Å². The first-order valence-electron chi connectivity index (χ1n) is 7.43. The average molecular weight is 356 g/mol. The molecule has 1 aromatic rings. The average Bonchev–Trinajstić information content (AvgIpc) is 2.61. The van der Waals surface area contributed by atoms with Crippen LogP contribution in [0.5, 0.6) is 5.75 Å². The van der Waals surface area contributed by atoms with E-state index >= 15 is 0 Å². The molecule has 1 aliphatic rings. The third-order valence-electron chi connectivity index (χ3n) is 3.72. The maximum absolute atomic E-state index is 11.4. The van der Waals surface area contributed by atoms with E-state index in [4.69, 9.17) is 19.3 Å². The summed E-state index contributed by atoms with van der Waals surface area (Å²) in [6.45, 7) is -0.643. The van der Waals surface area contributed by atoms with Gasteiger partial charge in [-0.2, -0.15) is 0 Å². The number of rotatable bonds is 6. The van der Waals surface area contributed by atoms with Gasteiger partial charge < -0.3 is 39.7 Å². The SMILES string of the molecule is COc1ccc(/C=C(/O[C@@H]2O[C@@H](CO)[C@H](O)[C@@H](O)[C@@H]2O)C(=O)O)cc1. The van der Waals surface area contributed by atoms with Crippen LogP contribution in [0, 0.1) is 0 Å². The lowest BCUT2D eigenvalue weighted by atomic mass is 9.99. The summed E-state index contributed by atoms with van der Waals surface area (Å²) in [7, 11) is 1.50. The third-order valence-corrected chi connectivity index (χ3v) is 3.72. The molecule has 0 spiro atoms. The Morgan fingerprint density at radius 2 is 1.80 bits per heavy atom. The highest BCUT2D eigenvalue weighted by atomic mass is 16.7. The number of benzene rings is 1. The van der Waals surface area contributed by atoms with Crippen molar-refractivity contribution in [2.45, 2.75) is 30.7 Å². The van der Waals surface area contributed by atoms with E-state index < -0.39 is 49.0 Å². The highest BCUT2D eigenvalue weighted by Crippen LogP contribution is 2.24. The van der Waals surface area contributed by atoms with Crippen LogP contribution >= 0.6 is 0 Å². The van der Waals surface area contributed by atoms with Crippen molar-refractivity contribution in [3.05, 3.63) is 35.6 Å². The molecule has 2 rings (SSSR count). The quantitative estimate of drug-likeness (QED) is 0.318. The van der Waals surface area contributed by atoms with Gasteiger partial charge in [0.2, 0.25) is 12.0 Å². The van der Waals surface area contributed by atoms with Crippen LogP contribution in [0.2, 0.25) is 0 Å². The van der Waals surface area contributed by atoms with Gasteiger partial charge in [0.15, 0.2) is 0 Å². The zero-order chi connectivity index (χ0) is 18.6. The number of carbonyl (C=O) groups is 1. The first-order chi connectivity index (χ1) is 11.9. The summed E-state index contributed by atoms with van der Waals surface area (Å²) in [5.74, 6) is -1.38. The molecule has 0 aromatic heterocycles. The molecule has 9 heteroatoms. The van der Waals surface area contributed by atoms with E-state index in [9.17, 15) is 25.2 Å². The van der Waals surface area contributed by atoms with Crippen molar-refractivity contribution < 1.29 is 44.5 Å². The minimum atomic E-state index is -1.70. The van der Waals surface area contributed by atoms with Crippen LogP contribution in [0.4, 0.5) is 0 Å². The Labute approximate surface area is 143 Å². The summed E-state index contributed by atoms with van der Waals surface area (Å²) in [6, 6.07) is 6.44. The molecule has 5 N–H and O–H groups in total. The highest BCUT2D eigenvalue weighted by molar-refractivity contribution is 5.89. The van der Waals surface area contributed by atoms with Crippen LogP contribution in [-0.4, -0.2) is 75.9 Å². The molecular formula is C16H20O9. The molecule has 1 aromatic carbocycles. The number of aliphatic hydroxyl groups excluding tert-OH is 4. The smallest absolute Gasteiger partial charge is 0.371 e. The summed E-state index contributed by atoms with van der Waals surface area (Å²) in [5.41, 5.74) is 0.489. The number of carboxylic acid groups (broad SMARTS) is 1. The van der Waals surface area contributed by atoms with Gasteiger partial charge in [-0.3, -0.25) is 0 Å². The van der Waals surface area contributed by atoms with E-state index in [1.54, 1.807) is 24.3 Å². The van der Waals surface area contributed by atoms with Gasteiger partial charge in [-0.15, -0.1) is 0 Å². The van der Waals surface area contributed by atoms with Gasteiger partial charge in [0, 0.05) is 0 Å². The molecule has 5 atom stereocenters. The maximum atomic E-state index is 11.4. The molecule has 0 radical (unpaired) electrons. The van der Waals surface area contributed by atoms with E-state index in [1.807, 2.05) is 0 Å². The topological polar surface area (TPSA) is 146 Å². The Balaban J connectivity index is 2.20. The fraction of sp³-hybridized carbons (Fsp3) is 0.438. The molecule has 1 saturated heterocycles. The summed E-state index contributed by atoms with van der Waals surface area (Å²) in [5, 5.41) is 47.7. The molecule has 0 saturated carbocycles. The largest absolute Gasteiger partial charge is 0.497 e. The van der Waals surface area contributed by atoms with Gasteiger partial charge in [0.05, 0.1) is 13.7 Å². The molecule has 1 aliphatic heterocycles. The lowest BCUT2D eigenvalue weighted by molar-refractivity contribution is -0.291. The van der Waals surface area contributed by atoms with Gasteiger partial charge >= 0.3 is 5.97 Å². The predicted octanol–water partition coefficient (Wildman–Crippen LogP) is -1.06. The second kappa shape index (κ2) is 8.28. The van der Waals surface area contributed by atoms with E-state index in [0.717, 1.165) is 0 Å². The Kier molecular flexibility index (Phi) is 6.34. The number of hydrogen-bond acceptors (Lipinski definition) is 8. The summed E-state index contributed by atoms with van der Waals surface area (Å²) < 4.78 is 15.3. The molecule has 0 unspecified atom stereocenters. The second-order valence-corrected chi connectivity index (χ2v) is 5.40. The zero-order valence-electron chi connectivity index (χ0n) is 13.3. The summed E-state index contributed by atoms with van der Waals surface area (Å²) in [6.07, 6.45) is -6.49. The van der Waals surface area contributed by atoms with Crippen LogP contribution in [-0.2, 0) is 14.3 Å². The number of methoxy groups -OCH3 is 1. The molecule has 138 valence electrons. The zero-order valence-corrected chi connectivity index (χ0v) is 13.3. The van der Waals surface area contributed by atoms with Gasteiger partial charge in [0.1, 0.15) is 30.2 Å². The first-order valence-corrected chi connectivity index (χ1v) is 7.43. The van der Waals surface area contributed by atoms with Gasteiger partial charge in [-0.1, -0.05) is 12.1 Å². The van der Waals surface area contributed by atoms with Crippen molar-refractivity contribution in [1.82, 2.24) is 0 Å². The van der Waals surface area contributed by atoms with Gasteiger partial charge in [0.25, 0.3) is 0 Å². The summed E-state index contributed by atoms with van der Waals surface area (Å²) >= 11 is 0. The van der Waals surface area contributed by atoms with Crippen molar-refractivity contribution >= 4 is 12.0 Å². The normalized spacial score (nSPS) is 30.0. The maximum Gasteiger partial charge on any atom is 0.371 e. The van der Waals surface area contributed by atoms with Crippen molar-refractivity contribution in [2.24, 2.45) is 0 Å². The Bertz CT molecular complexity index is 611. The molecule has 1 heterocycles. The van der Waals surface area contributed by atoms with Crippen LogP contribution in [0.1, 0.15) is 5.56 Å². The van der Waals surface area contributed by atoms with Crippen LogP contribution < -0.4 is 4.74 Å². The molecule has 0 aliphatic carbocycles. The second-order valence-electron chi connectivity index (χ2n) is 5.40. The lowest BCUT2D eigenvalue weighted by Gasteiger charge is -2.39. The molecular weight excluding hydrogens is 336 g/mol. The van der Waals surface area contributed by atoms with Crippen molar-refractivity contribution in [3.8, 4) is 5.75 Å². The molecule has 0 bridgehead atoms. The van der Waals surface area contributed by atoms with E-state index in [1.165, 1.54) is 13.2 Å². The highest BCUT2D eigenvalue weighted by Gasteiger charge is 2.45.